The van der Waals surface area contributed by atoms with Crippen LogP contribution in [0.15, 0.2) is 65.2 Å². The number of pyridine rings is 1. The molecule has 3 rings (SSSR count). The van der Waals surface area contributed by atoms with E-state index in [4.69, 9.17) is 24.7 Å². The third kappa shape index (κ3) is 5.91. The van der Waals surface area contributed by atoms with Gasteiger partial charge in [-0.2, -0.15) is 0 Å². The first-order chi connectivity index (χ1) is 16.4. The van der Waals surface area contributed by atoms with E-state index in [0.717, 1.165) is 4.47 Å². The quantitative estimate of drug-likeness (QED) is 0.451. The van der Waals surface area contributed by atoms with Crippen LogP contribution in [0.5, 0.6) is 5.75 Å². The molecule has 1 aromatic heterocycles. The van der Waals surface area contributed by atoms with Gasteiger partial charge in [-0.25, -0.2) is 4.39 Å². The Bertz CT molecular complexity index is 1130. The van der Waals surface area contributed by atoms with E-state index in [1.54, 1.807) is 25.1 Å². The first-order valence-electron chi connectivity index (χ1n) is 10.6. The number of esters is 1. The maximum atomic E-state index is 15.1. The van der Waals surface area contributed by atoms with Crippen LogP contribution < -0.4 is 10.5 Å². The van der Waals surface area contributed by atoms with Crippen molar-refractivity contribution < 1.29 is 28.1 Å². The van der Waals surface area contributed by atoms with Gasteiger partial charge >= 0.3 is 5.97 Å². The van der Waals surface area contributed by atoms with Gasteiger partial charge in [0.15, 0.2) is 17.7 Å². The molecule has 2 aromatic rings. The second-order valence-corrected chi connectivity index (χ2v) is 8.16. The van der Waals surface area contributed by atoms with Crippen molar-refractivity contribution >= 4 is 27.5 Å². The topological polar surface area (TPSA) is 92.9 Å². The molecule has 180 valence electrons. The molecule has 0 amide bonds. The molecule has 0 bridgehead atoms. The molecule has 0 saturated heterocycles. The average molecular weight is 533 g/mol. The number of benzene rings is 1. The Morgan fingerprint density at radius 1 is 1.38 bits per heavy atom. The predicted molar refractivity (Wildman–Crippen MR) is 129 cm³/mol. The minimum absolute atomic E-state index is 0.0326. The van der Waals surface area contributed by atoms with Gasteiger partial charge in [0, 0.05) is 47.1 Å². The number of hydrogen-bond donors (Lipinski definition) is 1. The van der Waals surface area contributed by atoms with E-state index < -0.39 is 11.9 Å². The summed E-state index contributed by atoms with van der Waals surface area (Å²) in [4.78, 5) is 16.1. The van der Waals surface area contributed by atoms with Crippen molar-refractivity contribution in [1.29, 1.82) is 0 Å². The van der Waals surface area contributed by atoms with Crippen LogP contribution in [0.4, 0.5) is 4.39 Å². The van der Waals surface area contributed by atoms with Crippen LogP contribution in [-0.2, 0) is 32.0 Å². The fourth-order valence-electron chi connectivity index (χ4n) is 3.46. The summed E-state index contributed by atoms with van der Waals surface area (Å²) < 4.78 is 38.4. The zero-order valence-electron chi connectivity index (χ0n) is 19.0. The molecular formula is C25H26BrFN2O5. The number of ether oxygens (including phenoxy) is 4. The highest BCUT2D eigenvalue weighted by atomic mass is 79.9. The summed E-state index contributed by atoms with van der Waals surface area (Å²) in [6.07, 6.45) is 4.01. The van der Waals surface area contributed by atoms with Crippen LogP contribution in [-0.4, -0.2) is 37.4 Å². The van der Waals surface area contributed by atoms with Crippen LogP contribution in [0.3, 0.4) is 0 Å². The summed E-state index contributed by atoms with van der Waals surface area (Å²) in [6, 6.07) is 6.87. The minimum Gasteiger partial charge on any atom is -0.478 e. The van der Waals surface area contributed by atoms with E-state index in [1.165, 1.54) is 25.4 Å². The molecule has 2 N–H and O–H groups in total. The molecule has 1 unspecified atom stereocenters. The number of nitrogens with two attached hydrogens (primary N) is 1. The fourth-order valence-corrected chi connectivity index (χ4v) is 3.80. The van der Waals surface area contributed by atoms with Crippen molar-refractivity contribution in [2.24, 2.45) is 5.73 Å². The average Bonchev–Trinajstić information content (AvgIpc) is 3.19. The zero-order valence-corrected chi connectivity index (χ0v) is 20.6. The number of hydrogen-bond acceptors (Lipinski definition) is 7. The first kappa shape index (κ1) is 25.6. The van der Waals surface area contributed by atoms with Gasteiger partial charge in [-0.15, -0.1) is 0 Å². The molecule has 7 nitrogen and oxygen atoms in total. The van der Waals surface area contributed by atoms with E-state index in [9.17, 15) is 4.79 Å². The summed E-state index contributed by atoms with van der Waals surface area (Å²) in [5.74, 6) is 0.350. The summed E-state index contributed by atoms with van der Waals surface area (Å²) in [5, 5.41) is 0. The monoisotopic (exact) mass is 532 g/mol. The lowest BCUT2D eigenvalue weighted by Crippen LogP contribution is -2.18. The molecule has 0 fully saturated rings. The van der Waals surface area contributed by atoms with E-state index in [-0.39, 0.29) is 43.4 Å². The molecule has 1 aliphatic rings. The number of halogens is 2. The van der Waals surface area contributed by atoms with Gasteiger partial charge in [0.25, 0.3) is 0 Å². The maximum Gasteiger partial charge on any atom is 0.310 e. The van der Waals surface area contributed by atoms with Crippen LogP contribution in [0, 0.1) is 5.82 Å². The zero-order chi connectivity index (χ0) is 24.7. The van der Waals surface area contributed by atoms with Gasteiger partial charge in [-0.05, 0) is 25.1 Å². The van der Waals surface area contributed by atoms with E-state index in [2.05, 4.69) is 27.5 Å². The van der Waals surface area contributed by atoms with Crippen LogP contribution in [0.2, 0.25) is 0 Å². The van der Waals surface area contributed by atoms with Crippen molar-refractivity contribution in [2.75, 3.05) is 20.3 Å². The normalized spacial score (nSPS) is 16.5. The number of methoxy groups -OCH3 is 1. The van der Waals surface area contributed by atoms with Crippen LogP contribution in [0.25, 0.3) is 5.57 Å². The molecule has 1 aromatic carbocycles. The van der Waals surface area contributed by atoms with Gasteiger partial charge in [-0.1, -0.05) is 34.7 Å². The molecule has 0 spiro atoms. The maximum absolute atomic E-state index is 15.1. The van der Waals surface area contributed by atoms with Crippen molar-refractivity contribution in [3.05, 3.63) is 87.8 Å². The van der Waals surface area contributed by atoms with Crippen LogP contribution >= 0.6 is 15.9 Å². The standard InChI is InChI=1S/C25H26BrFN2O5/c1-4-18(19-8-9-29-20(13-28)24(19)27)25-22(12-17(33-25)14-31-3)34-21-11-16(26)7-6-15(21)10-23(30)32-5-2/h4,6-9,11-12,22H,1,5,10,13-14,28H2,2-3H3/b25-18-. The van der Waals surface area contributed by atoms with E-state index in [1.807, 2.05) is 6.07 Å². The largest absolute Gasteiger partial charge is 0.478 e. The summed E-state index contributed by atoms with van der Waals surface area (Å²) >= 11 is 3.44. The molecular weight excluding hydrogens is 507 g/mol. The lowest BCUT2D eigenvalue weighted by Gasteiger charge is -2.19. The molecule has 1 aliphatic heterocycles. The summed E-state index contributed by atoms with van der Waals surface area (Å²) in [7, 11) is 1.54. The number of nitrogens with zero attached hydrogens (tertiary/aromatic N) is 1. The second-order valence-electron chi connectivity index (χ2n) is 7.25. The number of carbonyl (C=O) groups excluding carboxylic acids is 1. The Hall–Kier alpha value is -3.01. The summed E-state index contributed by atoms with van der Waals surface area (Å²) in [6.45, 7) is 6.01. The third-order valence-electron chi connectivity index (χ3n) is 4.96. The Morgan fingerprint density at radius 3 is 2.85 bits per heavy atom. The van der Waals surface area contributed by atoms with Gasteiger partial charge in [0.05, 0.1) is 18.7 Å². The number of carbonyl (C=O) groups is 1. The fraction of sp³-hybridized carbons (Fsp3) is 0.280. The number of aromatic nitrogens is 1. The second kappa shape index (κ2) is 11.9. The number of allylic oxidation sites excluding steroid dienone is 2. The summed E-state index contributed by atoms with van der Waals surface area (Å²) in [5.41, 5.74) is 7.02. The Morgan fingerprint density at radius 2 is 2.18 bits per heavy atom. The minimum atomic E-state index is -0.734. The van der Waals surface area contributed by atoms with Gasteiger partial charge in [-0.3, -0.25) is 9.78 Å². The van der Waals surface area contributed by atoms with Gasteiger partial charge in [0.1, 0.15) is 18.1 Å². The molecule has 9 heteroatoms. The van der Waals surface area contributed by atoms with E-state index >= 15 is 4.39 Å². The van der Waals surface area contributed by atoms with E-state index in [0.29, 0.717) is 28.4 Å². The van der Waals surface area contributed by atoms with Crippen molar-refractivity contribution in [1.82, 2.24) is 4.98 Å². The third-order valence-corrected chi connectivity index (χ3v) is 5.45. The highest BCUT2D eigenvalue weighted by Crippen LogP contribution is 2.36. The predicted octanol–water partition coefficient (Wildman–Crippen LogP) is 4.45. The lowest BCUT2D eigenvalue weighted by atomic mass is 10.0. The highest BCUT2D eigenvalue weighted by molar-refractivity contribution is 9.10. The highest BCUT2D eigenvalue weighted by Gasteiger charge is 2.30. The van der Waals surface area contributed by atoms with Crippen molar-refractivity contribution in [3.63, 3.8) is 0 Å². The molecule has 0 radical (unpaired) electrons. The van der Waals surface area contributed by atoms with Crippen molar-refractivity contribution in [2.45, 2.75) is 26.0 Å². The smallest absolute Gasteiger partial charge is 0.310 e. The molecule has 0 aliphatic carbocycles. The SMILES string of the molecule is C=C/C(=C1/OC(COC)=CC1Oc1cc(Br)ccc1CC(=O)OCC)c1ccnc(CN)c1F. The van der Waals surface area contributed by atoms with Crippen LogP contribution in [0.1, 0.15) is 23.7 Å². The van der Waals surface area contributed by atoms with Crippen molar-refractivity contribution in [3.8, 4) is 5.75 Å². The molecule has 2 heterocycles. The Balaban J connectivity index is 2.06. The Labute approximate surface area is 206 Å². The molecule has 34 heavy (non-hydrogen) atoms. The first-order valence-corrected chi connectivity index (χ1v) is 11.4. The van der Waals surface area contributed by atoms with Gasteiger partial charge in [0.2, 0.25) is 0 Å². The Kier molecular flexibility index (Phi) is 8.98. The molecule has 1 atom stereocenters. The number of rotatable bonds is 10. The lowest BCUT2D eigenvalue weighted by molar-refractivity contribution is -0.142. The van der Waals surface area contributed by atoms with Gasteiger partial charge < -0.3 is 24.7 Å². The molecule has 0 saturated carbocycles.